The molecule has 1 fully saturated rings. The van der Waals surface area contributed by atoms with Crippen molar-refractivity contribution in [2.24, 2.45) is 16.8 Å². The van der Waals surface area contributed by atoms with Gasteiger partial charge in [-0.15, -0.1) is 0 Å². The number of benzene rings is 1. The van der Waals surface area contributed by atoms with Gasteiger partial charge in [-0.2, -0.15) is 10.1 Å². The maximum atomic E-state index is 8.69. The summed E-state index contributed by atoms with van der Waals surface area (Å²) < 4.78 is 0. The largest absolute Gasteiger partial charge is 0.328 e. The average Bonchev–Trinajstić information content (AvgIpc) is 2.91. The molecule has 1 aliphatic carbocycles. The minimum absolute atomic E-state index is 0.282. The molecule has 1 saturated carbocycles. The highest BCUT2D eigenvalue weighted by atomic mass is 17.3. The van der Waals surface area contributed by atoms with Gasteiger partial charge in [0, 0.05) is 12.0 Å². The van der Waals surface area contributed by atoms with Gasteiger partial charge in [-0.25, -0.2) is 4.99 Å². The van der Waals surface area contributed by atoms with Gasteiger partial charge in [-0.3, -0.25) is 0 Å². The van der Waals surface area contributed by atoms with E-state index in [4.69, 9.17) is 20.9 Å². The summed E-state index contributed by atoms with van der Waals surface area (Å²) in [5.74, 6) is 0.406. The molecule has 1 aromatic rings. The molecule has 106 valence electrons. The summed E-state index contributed by atoms with van der Waals surface area (Å²) in [6.07, 6.45) is 3.08. The topological polar surface area (TPSA) is 80.6 Å². The Hall–Kier alpha value is -1.90. The molecule has 2 rings (SSSR count). The summed E-state index contributed by atoms with van der Waals surface area (Å²) in [5, 5.41) is 12.7. The van der Waals surface area contributed by atoms with Crippen molar-refractivity contribution in [1.82, 2.24) is 0 Å². The van der Waals surface area contributed by atoms with Crippen LogP contribution >= 0.6 is 0 Å². The van der Waals surface area contributed by atoms with E-state index in [1.807, 2.05) is 19.1 Å². The van der Waals surface area contributed by atoms with E-state index in [1.54, 1.807) is 12.1 Å². The van der Waals surface area contributed by atoms with Crippen LogP contribution in [0.25, 0.3) is 0 Å². The van der Waals surface area contributed by atoms with Crippen molar-refractivity contribution in [1.29, 1.82) is 5.26 Å². The minimum Gasteiger partial charge on any atom is -0.328 e. The lowest BCUT2D eigenvalue weighted by Crippen LogP contribution is -2.17. The number of nitrogens with zero attached hydrogens (tertiary/aromatic N) is 2. The predicted octanol–water partition coefficient (Wildman–Crippen LogP) is 2.51. The van der Waals surface area contributed by atoms with Gasteiger partial charge < -0.3 is 5.73 Å². The highest BCUT2D eigenvalue weighted by molar-refractivity contribution is 5.84. The number of nitrogens with two attached hydrogens (primary N) is 1. The average molecular weight is 273 g/mol. The number of hydrogen-bond donors (Lipinski definition) is 1. The zero-order valence-corrected chi connectivity index (χ0v) is 11.6. The molecule has 0 aromatic heterocycles. The Morgan fingerprint density at radius 2 is 2.15 bits per heavy atom. The van der Waals surface area contributed by atoms with Crippen LogP contribution in [-0.2, 0) is 16.5 Å². The molecule has 0 amide bonds. The summed E-state index contributed by atoms with van der Waals surface area (Å²) in [6, 6.07) is 9.49. The van der Waals surface area contributed by atoms with Crippen LogP contribution in [0.5, 0.6) is 0 Å². The molecule has 0 heterocycles. The summed E-state index contributed by atoms with van der Waals surface area (Å²) in [7, 11) is 0. The molecule has 0 bridgehead atoms. The third-order valence-electron chi connectivity index (χ3n) is 3.61. The van der Waals surface area contributed by atoms with E-state index in [2.05, 4.69) is 11.2 Å². The molecule has 1 aromatic carbocycles. The van der Waals surface area contributed by atoms with E-state index in [0.29, 0.717) is 18.1 Å². The molecular weight excluding hydrogens is 254 g/mol. The Kier molecular flexibility index (Phi) is 5.10. The first-order chi connectivity index (χ1) is 9.69. The number of rotatable bonds is 5. The van der Waals surface area contributed by atoms with Gasteiger partial charge in [0.1, 0.15) is 6.61 Å². The lowest BCUT2D eigenvalue weighted by molar-refractivity contribution is -0.305. The second kappa shape index (κ2) is 7.04. The van der Waals surface area contributed by atoms with Gasteiger partial charge >= 0.3 is 0 Å². The van der Waals surface area contributed by atoms with Crippen LogP contribution in [0.1, 0.15) is 37.3 Å². The predicted molar refractivity (Wildman–Crippen MR) is 75.5 cm³/mol. The number of oxime groups is 1. The molecule has 0 aliphatic heterocycles. The van der Waals surface area contributed by atoms with Crippen molar-refractivity contribution in [3.8, 4) is 6.07 Å². The zero-order valence-electron chi connectivity index (χ0n) is 11.6. The lowest BCUT2D eigenvalue weighted by atomic mass is 10.0. The first-order valence-corrected chi connectivity index (χ1v) is 6.77. The van der Waals surface area contributed by atoms with Crippen LogP contribution in [0.15, 0.2) is 29.4 Å². The standard InChI is InChI=1S/C15H19N3O2/c1-11(14-6-7-15(17)8-14)18-20-19-10-13-4-2-12(9-16)3-5-13/h2-5,14-15H,6-8,10,17H2,1H3/b18-11-. The second-order valence-electron chi connectivity index (χ2n) is 5.15. The van der Waals surface area contributed by atoms with E-state index < -0.39 is 0 Å². The van der Waals surface area contributed by atoms with Crippen molar-refractivity contribution >= 4 is 5.71 Å². The third kappa shape index (κ3) is 4.05. The van der Waals surface area contributed by atoms with Crippen molar-refractivity contribution in [3.05, 3.63) is 35.4 Å². The molecule has 1 aliphatic rings. The van der Waals surface area contributed by atoms with E-state index in [9.17, 15) is 0 Å². The maximum Gasteiger partial charge on any atom is 0.122 e. The summed E-state index contributed by atoms with van der Waals surface area (Å²) in [4.78, 5) is 9.93. The van der Waals surface area contributed by atoms with Gasteiger partial charge in [0.05, 0.1) is 17.3 Å². The molecule has 0 saturated heterocycles. The third-order valence-corrected chi connectivity index (χ3v) is 3.61. The Morgan fingerprint density at radius 1 is 1.40 bits per heavy atom. The second-order valence-corrected chi connectivity index (χ2v) is 5.15. The van der Waals surface area contributed by atoms with E-state index >= 15 is 0 Å². The van der Waals surface area contributed by atoms with E-state index in [0.717, 1.165) is 30.5 Å². The molecular formula is C15H19N3O2. The lowest BCUT2D eigenvalue weighted by Gasteiger charge is -2.07. The van der Waals surface area contributed by atoms with Crippen LogP contribution in [-0.4, -0.2) is 11.8 Å². The van der Waals surface area contributed by atoms with Crippen LogP contribution in [0.3, 0.4) is 0 Å². The highest BCUT2D eigenvalue weighted by Gasteiger charge is 2.24. The molecule has 2 atom stereocenters. The Morgan fingerprint density at radius 3 is 2.75 bits per heavy atom. The highest BCUT2D eigenvalue weighted by Crippen LogP contribution is 2.25. The molecule has 20 heavy (non-hydrogen) atoms. The quantitative estimate of drug-likeness (QED) is 0.387. The molecule has 5 nitrogen and oxygen atoms in total. The van der Waals surface area contributed by atoms with E-state index in [1.165, 1.54) is 0 Å². The number of nitriles is 1. The normalized spacial score (nSPS) is 22.6. The molecule has 5 heteroatoms. The molecule has 0 spiro atoms. The van der Waals surface area contributed by atoms with Crippen molar-refractivity contribution in [2.75, 3.05) is 0 Å². The van der Waals surface area contributed by atoms with Crippen LogP contribution in [0.2, 0.25) is 0 Å². The van der Waals surface area contributed by atoms with Gasteiger partial charge in [0.2, 0.25) is 0 Å². The Bertz CT molecular complexity index is 505. The fraction of sp³-hybridized carbons (Fsp3) is 0.467. The summed E-state index contributed by atoms with van der Waals surface area (Å²) in [5.41, 5.74) is 8.35. The van der Waals surface area contributed by atoms with Gasteiger partial charge in [-0.05, 0) is 43.9 Å². The van der Waals surface area contributed by atoms with Gasteiger partial charge in [0.25, 0.3) is 0 Å². The van der Waals surface area contributed by atoms with Crippen molar-refractivity contribution in [2.45, 2.75) is 38.8 Å². The fourth-order valence-electron chi connectivity index (χ4n) is 2.33. The van der Waals surface area contributed by atoms with Gasteiger partial charge in [0.15, 0.2) is 0 Å². The molecule has 2 unspecified atom stereocenters. The minimum atomic E-state index is 0.282. The SMILES string of the molecule is C/C(=N/OOCc1ccc(C#N)cc1)C1CCC(N)C1. The molecule has 2 N–H and O–H groups in total. The zero-order chi connectivity index (χ0) is 14.4. The Labute approximate surface area is 118 Å². The first kappa shape index (κ1) is 14.5. The number of hydrogen-bond acceptors (Lipinski definition) is 5. The van der Waals surface area contributed by atoms with Crippen molar-refractivity contribution in [3.63, 3.8) is 0 Å². The maximum absolute atomic E-state index is 8.69. The van der Waals surface area contributed by atoms with Crippen LogP contribution in [0.4, 0.5) is 0 Å². The smallest absolute Gasteiger partial charge is 0.122 e. The monoisotopic (exact) mass is 273 g/mol. The van der Waals surface area contributed by atoms with Crippen LogP contribution < -0.4 is 5.73 Å². The summed E-state index contributed by atoms with van der Waals surface area (Å²) in [6.45, 7) is 2.24. The van der Waals surface area contributed by atoms with Crippen molar-refractivity contribution < 1.29 is 9.88 Å². The fourth-order valence-corrected chi connectivity index (χ4v) is 2.33. The first-order valence-electron chi connectivity index (χ1n) is 6.77. The van der Waals surface area contributed by atoms with E-state index in [-0.39, 0.29) is 6.04 Å². The van der Waals surface area contributed by atoms with Gasteiger partial charge in [-0.1, -0.05) is 17.3 Å². The summed E-state index contributed by atoms with van der Waals surface area (Å²) >= 11 is 0. The Balaban J connectivity index is 1.74. The molecule has 0 radical (unpaired) electrons. The van der Waals surface area contributed by atoms with Crippen LogP contribution in [0, 0.1) is 17.2 Å².